The second-order valence-corrected chi connectivity index (χ2v) is 5.03. The van der Waals surface area contributed by atoms with E-state index in [-0.39, 0.29) is 25.4 Å². The standard InChI is InChI=1S/C15H20N4O4/c16-14-11(8-18-19-14)13(21)12(20)6-7-17-15(22)23-9-10-4-2-1-3-5-10/h1-5,8,12-13,20-21H,6-7,9H2,(H,17,22)(H3,16,18,19). The zero-order valence-electron chi connectivity index (χ0n) is 12.5. The molecule has 1 heterocycles. The van der Waals surface area contributed by atoms with E-state index in [1.54, 1.807) is 0 Å². The van der Waals surface area contributed by atoms with Crippen LogP contribution in [0.1, 0.15) is 23.7 Å². The molecule has 2 unspecified atom stereocenters. The molecule has 0 aliphatic carbocycles. The van der Waals surface area contributed by atoms with Crippen molar-refractivity contribution in [1.82, 2.24) is 15.5 Å². The molecule has 1 aromatic heterocycles. The van der Waals surface area contributed by atoms with Crippen molar-refractivity contribution < 1.29 is 19.7 Å². The first-order valence-electron chi connectivity index (χ1n) is 7.17. The molecule has 8 heteroatoms. The van der Waals surface area contributed by atoms with E-state index >= 15 is 0 Å². The number of nitrogen functional groups attached to an aromatic ring is 1. The van der Waals surface area contributed by atoms with Crippen molar-refractivity contribution >= 4 is 11.9 Å². The summed E-state index contributed by atoms with van der Waals surface area (Å²) in [7, 11) is 0. The quantitative estimate of drug-likeness (QED) is 0.510. The minimum absolute atomic E-state index is 0.145. The third kappa shape index (κ3) is 4.97. The van der Waals surface area contributed by atoms with E-state index in [0.29, 0.717) is 5.56 Å². The van der Waals surface area contributed by atoms with Gasteiger partial charge >= 0.3 is 6.09 Å². The van der Waals surface area contributed by atoms with Gasteiger partial charge in [-0.3, -0.25) is 5.10 Å². The van der Waals surface area contributed by atoms with Crippen LogP contribution in [0.3, 0.4) is 0 Å². The van der Waals surface area contributed by atoms with Crippen LogP contribution in [0.15, 0.2) is 36.5 Å². The average molecular weight is 320 g/mol. The topological polar surface area (TPSA) is 133 Å². The van der Waals surface area contributed by atoms with Crippen molar-refractivity contribution in [1.29, 1.82) is 0 Å². The Morgan fingerprint density at radius 1 is 1.35 bits per heavy atom. The lowest BCUT2D eigenvalue weighted by Crippen LogP contribution is -2.29. The van der Waals surface area contributed by atoms with Crippen LogP contribution in [0.4, 0.5) is 10.6 Å². The Kier molecular flexibility index (Phi) is 5.95. The van der Waals surface area contributed by atoms with Crippen LogP contribution >= 0.6 is 0 Å². The van der Waals surface area contributed by atoms with E-state index < -0.39 is 18.3 Å². The van der Waals surface area contributed by atoms with Crippen LogP contribution in [0, 0.1) is 0 Å². The van der Waals surface area contributed by atoms with E-state index in [1.165, 1.54) is 6.20 Å². The number of rotatable bonds is 7. The molecule has 8 nitrogen and oxygen atoms in total. The highest BCUT2D eigenvalue weighted by atomic mass is 16.5. The van der Waals surface area contributed by atoms with Crippen LogP contribution < -0.4 is 11.1 Å². The number of benzene rings is 1. The molecule has 124 valence electrons. The van der Waals surface area contributed by atoms with Crippen molar-refractivity contribution in [2.24, 2.45) is 0 Å². The highest BCUT2D eigenvalue weighted by Crippen LogP contribution is 2.22. The second kappa shape index (κ2) is 8.16. The molecular weight excluding hydrogens is 300 g/mol. The van der Waals surface area contributed by atoms with Gasteiger partial charge in [0.1, 0.15) is 18.5 Å². The SMILES string of the molecule is Nc1[nH]ncc1C(O)C(O)CCNC(=O)OCc1ccccc1. The molecule has 0 bridgehead atoms. The molecule has 0 fully saturated rings. The first-order valence-corrected chi connectivity index (χ1v) is 7.17. The summed E-state index contributed by atoms with van der Waals surface area (Å²) >= 11 is 0. The molecule has 2 rings (SSSR count). The number of aliphatic hydroxyl groups is 2. The fourth-order valence-corrected chi connectivity index (χ4v) is 2.00. The fourth-order valence-electron chi connectivity index (χ4n) is 2.00. The number of nitrogens with zero attached hydrogens (tertiary/aromatic N) is 1. The summed E-state index contributed by atoms with van der Waals surface area (Å²) in [4.78, 5) is 11.5. The molecule has 0 saturated heterocycles. The number of carbonyl (C=O) groups excluding carboxylic acids is 1. The summed E-state index contributed by atoms with van der Waals surface area (Å²) in [6.07, 6.45) is -1.34. The number of hydrogen-bond acceptors (Lipinski definition) is 6. The van der Waals surface area contributed by atoms with Gasteiger partial charge in [0.25, 0.3) is 0 Å². The third-order valence-corrected chi connectivity index (χ3v) is 3.30. The zero-order chi connectivity index (χ0) is 16.7. The van der Waals surface area contributed by atoms with Gasteiger partial charge in [-0.1, -0.05) is 30.3 Å². The van der Waals surface area contributed by atoms with Gasteiger partial charge in [-0.2, -0.15) is 5.10 Å². The molecule has 0 saturated carbocycles. The normalized spacial score (nSPS) is 13.3. The predicted octanol–water partition coefficient (Wildman–Crippen LogP) is 0.703. The van der Waals surface area contributed by atoms with Crippen LogP contribution in [-0.2, 0) is 11.3 Å². The number of H-pyrrole nitrogens is 1. The maximum atomic E-state index is 11.5. The molecule has 1 aromatic carbocycles. The Balaban J connectivity index is 1.68. The smallest absolute Gasteiger partial charge is 0.407 e. The lowest BCUT2D eigenvalue weighted by Gasteiger charge is -2.17. The van der Waals surface area contributed by atoms with Crippen molar-refractivity contribution in [3.8, 4) is 0 Å². The van der Waals surface area contributed by atoms with Crippen molar-refractivity contribution in [2.75, 3.05) is 12.3 Å². The maximum absolute atomic E-state index is 11.5. The summed E-state index contributed by atoms with van der Waals surface area (Å²) in [5.74, 6) is 0.201. The molecule has 0 aliphatic rings. The third-order valence-electron chi connectivity index (χ3n) is 3.30. The summed E-state index contributed by atoms with van der Waals surface area (Å²) < 4.78 is 5.03. The Hall–Kier alpha value is -2.58. The molecule has 0 aliphatic heterocycles. The summed E-state index contributed by atoms with van der Waals surface area (Å²) in [5.41, 5.74) is 6.78. The van der Waals surface area contributed by atoms with Gasteiger partial charge in [0.05, 0.1) is 12.3 Å². The molecule has 1 amide bonds. The molecular formula is C15H20N4O4. The van der Waals surface area contributed by atoms with Gasteiger partial charge in [-0.15, -0.1) is 0 Å². The number of amides is 1. The number of ether oxygens (including phenoxy) is 1. The second-order valence-electron chi connectivity index (χ2n) is 5.03. The lowest BCUT2D eigenvalue weighted by molar-refractivity contribution is 0.0140. The van der Waals surface area contributed by atoms with Gasteiger partial charge in [0, 0.05) is 12.1 Å². The van der Waals surface area contributed by atoms with Crippen molar-refractivity contribution in [2.45, 2.75) is 25.2 Å². The average Bonchev–Trinajstić information content (AvgIpc) is 2.99. The van der Waals surface area contributed by atoms with E-state index in [0.717, 1.165) is 5.56 Å². The number of aliphatic hydroxyl groups excluding tert-OH is 2. The minimum atomic E-state index is -1.17. The molecule has 2 aromatic rings. The Labute approximate surface area is 133 Å². The Morgan fingerprint density at radius 2 is 2.09 bits per heavy atom. The number of nitrogens with one attached hydrogen (secondary N) is 2. The summed E-state index contributed by atoms with van der Waals surface area (Å²) in [5, 5.41) is 28.5. The van der Waals surface area contributed by atoms with Crippen LogP contribution in [0.25, 0.3) is 0 Å². The number of anilines is 1. The summed E-state index contributed by atoms with van der Waals surface area (Å²) in [6, 6.07) is 9.29. The molecule has 0 radical (unpaired) electrons. The molecule has 0 spiro atoms. The first kappa shape index (κ1) is 16.8. The number of aromatic nitrogens is 2. The Morgan fingerprint density at radius 3 is 2.74 bits per heavy atom. The number of hydrogen-bond donors (Lipinski definition) is 5. The van der Waals surface area contributed by atoms with Gasteiger partial charge in [0.2, 0.25) is 0 Å². The number of alkyl carbamates (subject to hydrolysis) is 1. The largest absolute Gasteiger partial charge is 0.445 e. The molecule has 2 atom stereocenters. The van der Waals surface area contributed by atoms with E-state index in [9.17, 15) is 15.0 Å². The highest BCUT2D eigenvalue weighted by molar-refractivity contribution is 5.67. The van der Waals surface area contributed by atoms with Crippen LogP contribution in [0.2, 0.25) is 0 Å². The molecule has 6 N–H and O–H groups in total. The van der Waals surface area contributed by atoms with Crippen molar-refractivity contribution in [3.63, 3.8) is 0 Å². The Bertz CT molecular complexity index is 617. The fraction of sp³-hybridized carbons (Fsp3) is 0.333. The van der Waals surface area contributed by atoms with Gasteiger partial charge in [0.15, 0.2) is 0 Å². The van der Waals surface area contributed by atoms with Gasteiger partial charge < -0.3 is 26.0 Å². The number of carbonyl (C=O) groups is 1. The first-order chi connectivity index (χ1) is 11.1. The van der Waals surface area contributed by atoms with E-state index in [1.807, 2.05) is 30.3 Å². The predicted molar refractivity (Wildman–Crippen MR) is 83.2 cm³/mol. The summed E-state index contributed by atoms with van der Waals surface area (Å²) in [6.45, 7) is 0.326. The van der Waals surface area contributed by atoms with Crippen molar-refractivity contribution in [3.05, 3.63) is 47.7 Å². The number of nitrogens with two attached hydrogens (primary N) is 1. The van der Waals surface area contributed by atoms with Gasteiger partial charge in [-0.25, -0.2) is 4.79 Å². The van der Waals surface area contributed by atoms with Gasteiger partial charge in [-0.05, 0) is 12.0 Å². The minimum Gasteiger partial charge on any atom is -0.445 e. The molecule has 23 heavy (non-hydrogen) atoms. The zero-order valence-corrected chi connectivity index (χ0v) is 12.5. The van der Waals surface area contributed by atoms with E-state index in [2.05, 4.69) is 15.5 Å². The van der Waals surface area contributed by atoms with E-state index in [4.69, 9.17) is 10.5 Å². The van der Waals surface area contributed by atoms with Crippen LogP contribution in [0.5, 0.6) is 0 Å². The monoisotopic (exact) mass is 320 g/mol. The highest BCUT2D eigenvalue weighted by Gasteiger charge is 2.21. The maximum Gasteiger partial charge on any atom is 0.407 e. The number of aromatic amines is 1. The lowest BCUT2D eigenvalue weighted by atomic mass is 10.0. The van der Waals surface area contributed by atoms with Crippen LogP contribution in [-0.4, -0.2) is 39.2 Å².